The number of aromatic nitrogens is 2. The lowest BCUT2D eigenvalue weighted by Crippen LogP contribution is -2.24. The zero-order valence-corrected chi connectivity index (χ0v) is 18.1. The molecule has 11 heteroatoms. The van der Waals surface area contributed by atoms with Gasteiger partial charge in [0.2, 0.25) is 18.6 Å². The van der Waals surface area contributed by atoms with E-state index in [1.807, 2.05) is 0 Å². The summed E-state index contributed by atoms with van der Waals surface area (Å²) in [5.41, 5.74) is 7.66. The van der Waals surface area contributed by atoms with E-state index in [4.69, 9.17) is 19.6 Å². The average Bonchev–Trinajstić information content (AvgIpc) is 3.50. The van der Waals surface area contributed by atoms with E-state index < -0.39 is 11.2 Å². The first-order valence-electron chi connectivity index (χ1n) is 9.65. The van der Waals surface area contributed by atoms with Gasteiger partial charge in [-0.15, -0.1) is 21.5 Å². The second kappa shape index (κ2) is 7.89. The van der Waals surface area contributed by atoms with Crippen LogP contribution in [0.25, 0.3) is 11.5 Å². The van der Waals surface area contributed by atoms with Crippen LogP contribution in [-0.2, 0) is 17.6 Å². The molecule has 5 rings (SSSR count). The van der Waals surface area contributed by atoms with Crippen molar-refractivity contribution in [3.63, 3.8) is 0 Å². The molecule has 3 aromatic rings. The summed E-state index contributed by atoms with van der Waals surface area (Å²) in [4.78, 5) is 25.8. The Morgan fingerprint density at radius 1 is 1.23 bits per heavy atom. The van der Waals surface area contributed by atoms with Crippen molar-refractivity contribution < 1.29 is 23.5 Å². The molecule has 1 aromatic carbocycles. The number of thiophene rings is 1. The number of carbonyl (C=O) groups is 2. The van der Waals surface area contributed by atoms with E-state index in [-0.39, 0.29) is 17.9 Å². The van der Waals surface area contributed by atoms with Crippen LogP contribution in [0.15, 0.2) is 27.8 Å². The van der Waals surface area contributed by atoms with Gasteiger partial charge in [0.15, 0.2) is 11.5 Å². The number of anilines is 1. The van der Waals surface area contributed by atoms with Crippen LogP contribution in [0.5, 0.6) is 11.5 Å². The molecule has 160 valence electrons. The Morgan fingerprint density at radius 3 is 2.90 bits per heavy atom. The fourth-order valence-electron chi connectivity index (χ4n) is 3.57. The number of primary amides is 1. The first kappa shape index (κ1) is 19.9. The highest BCUT2D eigenvalue weighted by atomic mass is 32.2. The van der Waals surface area contributed by atoms with E-state index in [0.29, 0.717) is 33.5 Å². The number of nitrogens with one attached hydrogen (secondary N) is 1. The molecule has 2 amide bonds. The van der Waals surface area contributed by atoms with Crippen LogP contribution < -0.4 is 20.5 Å². The summed E-state index contributed by atoms with van der Waals surface area (Å²) >= 11 is 2.56. The maximum absolute atomic E-state index is 12.7. The Labute approximate surface area is 185 Å². The maximum Gasteiger partial charge on any atom is 0.277 e. The monoisotopic (exact) mass is 458 g/mol. The molecular weight excluding hydrogens is 440 g/mol. The summed E-state index contributed by atoms with van der Waals surface area (Å²) in [5, 5.41) is 11.2. The van der Waals surface area contributed by atoms with Crippen LogP contribution >= 0.6 is 23.1 Å². The molecule has 0 radical (unpaired) electrons. The van der Waals surface area contributed by atoms with Gasteiger partial charge in [-0.25, -0.2) is 0 Å². The van der Waals surface area contributed by atoms with Gasteiger partial charge in [0, 0.05) is 10.4 Å². The normalized spacial score (nSPS) is 15.0. The second-order valence-corrected chi connectivity index (χ2v) is 9.51. The second-order valence-electron chi connectivity index (χ2n) is 7.12. The predicted molar refractivity (Wildman–Crippen MR) is 115 cm³/mol. The Balaban J connectivity index is 1.27. The van der Waals surface area contributed by atoms with Crippen LogP contribution in [0, 0.1) is 0 Å². The number of ether oxygens (including phenoxy) is 2. The van der Waals surface area contributed by atoms with Crippen molar-refractivity contribution >= 4 is 39.9 Å². The maximum atomic E-state index is 12.7. The van der Waals surface area contributed by atoms with Crippen molar-refractivity contribution in [1.29, 1.82) is 0 Å². The van der Waals surface area contributed by atoms with Crippen molar-refractivity contribution in [3.8, 4) is 23.0 Å². The lowest BCUT2D eigenvalue weighted by molar-refractivity contribution is -0.115. The van der Waals surface area contributed by atoms with Crippen molar-refractivity contribution in [2.24, 2.45) is 5.73 Å². The van der Waals surface area contributed by atoms with Crippen LogP contribution in [-0.4, -0.2) is 34.1 Å². The molecule has 1 atom stereocenters. The van der Waals surface area contributed by atoms with E-state index in [1.165, 1.54) is 11.3 Å². The van der Waals surface area contributed by atoms with Crippen LogP contribution in [0.2, 0.25) is 0 Å². The standard InChI is InChI=1S/C20H18N4O5S2/c1-9(17(26)22-19-15(16(21)25)11-3-2-4-14(11)31-19)30-20-24-23-18(29-20)10-5-6-12-13(7-10)28-8-27-12/h5-7,9H,2-4,8H2,1H3,(H2,21,25)(H,22,26)/t9-/m1/s1. The van der Waals surface area contributed by atoms with Crippen molar-refractivity contribution in [2.45, 2.75) is 36.7 Å². The number of carbonyl (C=O) groups excluding carboxylic acids is 2. The highest BCUT2D eigenvalue weighted by Crippen LogP contribution is 2.39. The summed E-state index contributed by atoms with van der Waals surface area (Å²) < 4.78 is 16.4. The molecule has 1 aliphatic heterocycles. The number of fused-ring (bicyclic) bond motifs is 2. The fourth-order valence-corrected chi connectivity index (χ4v) is 5.56. The molecule has 0 saturated heterocycles. The van der Waals surface area contributed by atoms with Gasteiger partial charge in [-0.05, 0) is 49.9 Å². The number of aryl methyl sites for hydroxylation is 1. The molecule has 2 aliphatic rings. The molecule has 0 bridgehead atoms. The van der Waals surface area contributed by atoms with E-state index in [9.17, 15) is 9.59 Å². The molecule has 3 N–H and O–H groups in total. The molecule has 1 aliphatic carbocycles. The molecule has 9 nitrogen and oxygen atoms in total. The van der Waals surface area contributed by atoms with Gasteiger partial charge in [0.25, 0.3) is 11.1 Å². The first-order valence-corrected chi connectivity index (χ1v) is 11.3. The SMILES string of the molecule is C[C@@H](Sc1nnc(-c2ccc3c(c2)OCO3)o1)C(=O)Nc1sc2c(c1C(N)=O)CCC2. The molecule has 0 unspecified atom stereocenters. The third kappa shape index (κ3) is 3.74. The molecular formula is C20H18N4O5S2. The summed E-state index contributed by atoms with van der Waals surface area (Å²) in [6.07, 6.45) is 2.73. The van der Waals surface area contributed by atoms with Gasteiger partial charge in [-0.1, -0.05) is 11.8 Å². The number of hydrogen-bond acceptors (Lipinski definition) is 9. The van der Waals surface area contributed by atoms with Gasteiger partial charge >= 0.3 is 0 Å². The topological polar surface area (TPSA) is 130 Å². The van der Waals surface area contributed by atoms with Crippen LogP contribution in [0.3, 0.4) is 0 Å². The molecule has 0 spiro atoms. The van der Waals surface area contributed by atoms with E-state index >= 15 is 0 Å². The number of thioether (sulfide) groups is 1. The van der Waals surface area contributed by atoms with Gasteiger partial charge < -0.3 is 24.9 Å². The molecule has 0 saturated carbocycles. The highest BCUT2D eigenvalue weighted by molar-refractivity contribution is 8.00. The number of nitrogens with zero attached hydrogens (tertiary/aromatic N) is 2. The van der Waals surface area contributed by atoms with Crippen molar-refractivity contribution in [1.82, 2.24) is 10.2 Å². The Morgan fingerprint density at radius 2 is 2.06 bits per heavy atom. The summed E-state index contributed by atoms with van der Waals surface area (Å²) in [6, 6.07) is 5.34. The highest BCUT2D eigenvalue weighted by Gasteiger charge is 2.28. The largest absolute Gasteiger partial charge is 0.454 e. The first-order chi connectivity index (χ1) is 15.0. The number of benzene rings is 1. The summed E-state index contributed by atoms with van der Waals surface area (Å²) in [6.45, 7) is 1.91. The fraction of sp³-hybridized carbons (Fsp3) is 0.300. The van der Waals surface area contributed by atoms with Gasteiger partial charge in [-0.2, -0.15) is 0 Å². The smallest absolute Gasteiger partial charge is 0.277 e. The van der Waals surface area contributed by atoms with E-state index in [0.717, 1.165) is 41.5 Å². The minimum Gasteiger partial charge on any atom is -0.454 e. The van der Waals surface area contributed by atoms with Crippen molar-refractivity contribution in [2.75, 3.05) is 12.1 Å². The van der Waals surface area contributed by atoms with Gasteiger partial charge in [-0.3, -0.25) is 9.59 Å². The zero-order valence-electron chi connectivity index (χ0n) is 16.5. The third-order valence-electron chi connectivity index (χ3n) is 5.08. The Hall–Kier alpha value is -3.05. The molecule has 31 heavy (non-hydrogen) atoms. The zero-order chi connectivity index (χ0) is 21.5. The predicted octanol–water partition coefficient (Wildman–Crippen LogP) is 3.23. The minimum absolute atomic E-state index is 0.182. The average molecular weight is 459 g/mol. The van der Waals surface area contributed by atoms with Gasteiger partial charge in [0.1, 0.15) is 5.00 Å². The lowest BCUT2D eigenvalue weighted by atomic mass is 10.1. The third-order valence-corrected chi connectivity index (χ3v) is 7.22. The minimum atomic E-state index is -0.525. The number of nitrogens with two attached hydrogens (primary N) is 1. The Kier molecular flexibility index (Phi) is 5.06. The number of amides is 2. The van der Waals surface area contributed by atoms with E-state index in [2.05, 4.69) is 15.5 Å². The molecule has 3 heterocycles. The summed E-state index contributed by atoms with van der Waals surface area (Å²) in [5.74, 6) is 0.818. The lowest BCUT2D eigenvalue weighted by Gasteiger charge is -2.10. The molecule has 2 aromatic heterocycles. The van der Waals surface area contributed by atoms with E-state index in [1.54, 1.807) is 25.1 Å². The molecule has 0 fully saturated rings. The summed E-state index contributed by atoms with van der Waals surface area (Å²) in [7, 11) is 0. The number of hydrogen-bond donors (Lipinski definition) is 2. The Bertz CT molecular complexity index is 1190. The number of rotatable bonds is 6. The van der Waals surface area contributed by atoms with Gasteiger partial charge in [0.05, 0.1) is 10.8 Å². The quantitative estimate of drug-likeness (QED) is 0.539. The van der Waals surface area contributed by atoms with Crippen LogP contribution in [0.1, 0.15) is 34.1 Å². The van der Waals surface area contributed by atoms with Crippen molar-refractivity contribution in [3.05, 3.63) is 34.2 Å². The van der Waals surface area contributed by atoms with Crippen LogP contribution in [0.4, 0.5) is 5.00 Å².